The Hall–Kier alpha value is -0.0800. The number of rotatable bonds is 2. The molecule has 0 aromatic carbocycles. The molecule has 0 spiro atoms. The van der Waals surface area contributed by atoms with Gasteiger partial charge in [0.05, 0.1) is 0 Å². The average Bonchev–Trinajstić information content (AvgIpc) is 2.47. The second-order valence-electron chi connectivity index (χ2n) is 5.39. The standard InChI is InChI=1S/C12H24N2/c1-10-7-14(8-11(10)2)9-12-4-3-5-13-6-12/h10-13H,3-9H2,1-2H3. The summed E-state index contributed by atoms with van der Waals surface area (Å²) in [6.07, 6.45) is 2.82. The number of piperidine rings is 1. The molecule has 0 amide bonds. The van der Waals surface area contributed by atoms with E-state index in [1.165, 1.54) is 45.6 Å². The summed E-state index contributed by atoms with van der Waals surface area (Å²) in [5.41, 5.74) is 0. The first-order chi connectivity index (χ1) is 6.75. The van der Waals surface area contributed by atoms with Crippen molar-refractivity contribution in [2.24, 2.45) is 17.8 Å². The molecule has 2 heteroatoms. The van der Waals surface area contributed by atoms with Crippen molar-refractivity contribution in [1.29, 1.82) is 0 Å². The molecule has 14 heavy (non-hydrogen) atoms. The fraction of sp³-hybridized carbons (Fsp3) is 1.00. The molecule has 3 unspecified atom stereocenters. The average molecular weight is 196 g/mol. The van der Waals surface area contributed by atoms with Crippen LogP contribution < -0.4 is 5.32 Å². The van der Waals surface area contributed by atoms with Gasteiger partial charge in [0.25, 0.3) is 0 Å². The minimum absolute atomic E-state index is 0.909. The summed E-state index contributed by atoms with van der Waals surface area (Å²) in [5.74, 6) is 2.74. The van der Waals surface area contributed by atoms with Crippen LogP contribution in [0.3, 0.4) is 0 Å². The van der Waals surface area contributed by atoms with Crippen LogP contribution in [0, 0.1) is 17.8 Å². The minimum atomic E-state index is 0.909. The Morgan fingerprint density at radius 1 is 1.21 bits per heavy atom. The van der Waals surface area contributed by atoms with Crippen LogP contribution in [0.4, 0.5) is 0 Å². The first kappa shape index (κ1) is 10.4. The lowest BCUT2D eigenvalue weighted by molar-refractivity contribution is 0.236. The molecule has 82 valence electrons. The van der Waals surface area contributed by atoms with Crippen LogP contribution >= 0.6 is 0 Å². The van der Waals surface area contributed by atoms with Gasteiger partial charge in [-0.05, 0) is 43.7 Å². The van der Waals surface area contributed by atoms with E-state index in [4.69, 9.17) is 0 Å². The zero-order valence-electron chi connectivity index (χ0n) is 9.63. The van der Waals surface area contributed by atoms with Crippen molar-refractivity contribution < 1.29 is 0 Å². The maximum Gasteiger partial charge on any atom is 0.00220 e. The Balaban J connectivity index is 1.74. The number of hydrogen-bond donors (Lipinski definition) is 1. The minimum Gasteiger partial charge on any atom is -0.316 e. The third-order valence-corrected chi connectivity index (χ3v) is 3.98. The van der Waals surface area contributed by atoms with Crippen molar-refractivity contribution >= 4 is 0 Å². The monoisotopic (exact) mass is 196 g/mol. The van der Waals surface area contributed by atoms with Crippen molar-refractivity contribution in [3.8, 4) is 0 Å². The Kier molecular flexibility index (Phi) is 3.45. The third kappa shape index (κ3) is 2.48. The van der Waals surface area contributed by atoms with E-state index in [9.17, 15) is 0 Å². The van der Waals surface area contributed by atoms with Crippen molar-refractivity contribution in [2.45, 2.75) is 26.7 Å². The third-order valence-electron chi connectivity index (χ3n) is 3.98. The van der Waals surface area contributed by atoms with Gasteiger partial charge in [0, 0.05) is 19.6 Å². The van der Waals surface area contributed by atoms with Crippen LogP contribution in [0.15, 0.2) is 0 Å². The van der Waals surface area contributed by atoms with E-state index in [2.05, 4.69) is 24.1 Å². The maximum absolute atomic E-state index is 3.50. The number of hydrogen-bond acceptors (Lipinski definition) is 2. The van der Waals surface area contributed by atoms with Crippen LogP contribution in [0.5, 0.6) is 0 Å². The van der Waals surface area contributed by atoms with Gasteiger partial charge in [0.15, 0.2) is 0 Å². The molecule has 2 aliphatic heterocycles. The van der Waals surface area contributed by atoms with Crippen LogP contribution in [0.25, 0.3) is 0 Å². The largest absolute Gasteiger partial charge is 0.316 e. The highest BCUT2D eigenvalue weighted by Gasteiger charge is 2.27. The zero-order chi connectivity index (χ0) is 9.97. The molecule has 0 saturated carbocycles. The molecular weight excluding hydrogens is 172 g/mol. The summed E-state index contributed by atoms with van der Waals surface area (Å²) in [6.45, 7) is 11.3. The second kappa shape index (κ2) is 4.63. The molecule has 2 heterocycles. The smallest absolute Gasteiger partial charge is 0.00220 e. The van der Waals surface area contributed by atoms with Gasteiger partial charge in [0.1, 0.15) is 0 Å². The van der Waals surface area contributed by atoms with E-state index >= 15 is 0 Å². The molecule has 0 aromatic heterocycles. The van der Waals surface area contributed by atoms with Gasteiger partial charge >= 0.3 is 0 Å². The van der Waals surface area contributed by atoms with Gasteiger partial charge in [-0.25, -0.2) is 0 Å². The quantitative estimate of drug-likeness (QED) is 0.721. The summed E-state index contributed by atoms with van der Waals surface area (Å²) < 4.78 is 0. The van der Waals surface area contributed by atoms with Gasteiger partial charge in [-0.3, -0.25) is 0 Å². The molecular formula is C12H24N2. The molecule has 0 aliphatic carbocycles. The van der Waals surface area contributed by atoms with Crippen molar-refractivity contribution in [3.63, 3.8) is 0 Å². The lowest BCUT2D eigenvalue weighted by Gasteiger charge is -2.27. The molecule has 0 bridgehead atoms. The Morgan fingerprint density at radius 3 is 2.50 bits per heavy atom. The molecule has 0 aromatic rings. The Morgan fingerprint density at radius 2 is 1.93 bits per heavy atom. The van der Waals surface area contributed by atoms with E-state index in [-0.39, 0.29) is 0 Å². The van der Waals surface area contributed by atoms with Crippen LogP contribution in [0.1, 0.15) is 26.7 Å². The molecule has 3 atom stereocenters. The van der Waals surface area contributed by atoms with Gasteiger partial charge in [-0.2, -0.15) is 0 Å². The van der Waals surface area contributed by atoms with E-state index < -0.39 is 0 Å². The Bertz CT molecular complexity index is 165. The van der Waals surface area contributed by atoms with Gasteiger partial charge in [0.2, 0.25) is 0 Å². The zero-order valence-corrected chi connectivity index (χ0v) is 9.63. The molecule has 2 rings (SSSR count). The first-order valence-corrected chi connectivity index (χ1v) is 6.19. The lowest BCUT2D eigenvalue weighted by atomic mass is 9.99. The predicted molar refractivity (Wildman–Crippen MR) is 60.4 cm³/mol. The van der Waals surface area contributed by atoms with Crippen molar-refractivity contribution in [2.75, 3.05) is 32.7 Å². The van der Waals surface area contributed by atoms with Crippen LogP contribution in [0.2, 0.25) is 0 Å². The highest BCUT2D eigenvalue weighted by atomic mass is 15.2. The highest BCUT2D eigenvalue weighted by Crippen LogP contribution is 2.24. The first-order valence-electron chi connectivity index (χ1n) is 6.19. The number of nitrogens with zero attached hydrogens (tertiary/aromatic N) is 1. The van der Waals surface area contributed by atoms with Gasteiger partial charge in [-0.15, -0.1) is 0 Å². The summed E-state index contributed by atoms with van der Waals surface area (Å²) in [6, 6.07) is 0. The molecule has 2 saturated heterocycles. The van der Waals surface area contributed by atoms with Crippen LogP contribution in [-0.2, 0) is 0 Å². The molecule has 1 N–H and O–H groups in total. The van der Waals surface area contributed by atoms with Gasteiger partial charge < -0.3 is 10.2 Å². The number of nitrogens with one attached hydrogen (secondary N) is 1. The summed E-state index contributed by atoms with van der Waals surface area (Å²) in [5, 5.41) is 3.50. The van der Waals surface area contributed by atoms with Gasteiger partial charge in [-0.1, -0.05) is 13.8 Å². The summed E-state index contributed by atoms with van der Waals surface area (Å²) in [4.78, 5) is 2.67. The van der Waals surface area contributed by atoms with E-state index in [0.717, 1.165) is 17.8 Å². The second-order valence-corrected chi connectivity index (χ2v) is 5.39. The molecule has 0 radical (unpaired) electrons. The number of likely N-dealkylation sites (tertiary alicyclic amines) is 1. The normalized spacial score (nSPS) is 40.3. The topological polar surface area (TPSA) is 15.3 Å². The molecule has 2 nitrogen and oxygen atoms in total. The molecule has 2 aliphatic rings. The summed E-state index contributed by atoms with van der Waals surface area (Å²) in [7, 11) is 0. The Labute approximate surface area is 88.1 Å². The molecule has 2 fully saturated rings. The van der Waals surface area contributed by atoms with E-state index in [1.807, 2.05) is 0 Å². The van der Waals surface area contributed by atoms with Crippen LogP contribution in [-0.4, -0.2) is 37.6 Å². The SMILES string of the molecule is CC1CN(CC2CCCNC2)CC1C. The van der Waals surface area contributed by atoms with E-state index in [1.54, 1.807) is 0 Å². The summed E-state index contributed by atoms with van der Waals surface area (Å²) >= 11 is 0. The predicted octanol–water partition coefficient (Wildman–Crippen LogP) is 1.57. The highest BCUT2D eigenvalue weighted by molar-refractivity contribution is 4.81. The van der Waals surface area contributed by atoms with Crippen molar-refractivity contribution in [1.82, 2.24) is 10.2 Å². The van der Waals surface area contributed by atoms with Crippen molar-refractivity contribution in [3.05, 3.63) is 0 Å². The lowest BCUT2D eigenvalue weighted by Crippen LogP contribution is -2.37. The maximum atomic E-state index is 3.50. The van der Waals surface area contributed by atoms with E-state index in [0.29, 0.717) is 0 Å². The fourth-order valence-corrected chi connectivity index (χ4v) is 2.84. The fourth-order valence-electron chi connectivity index (χ4n) is 2.84.